The maximum absolute atomic E-state index is 13.6. The second-order valence-electron chi connectivity index (χ2n) is 7.06. The molecule has 0 saturated carbocycles. The van der Waals surface area contributed by atoms with Gasteiger partial charge in [-0.05, 0) is 31.2 Å². The molecule has 1 aliphatic heterocycles. The predicted molar refractivity (Wildman–Crippen MR) is 113 cm³/mol. The molecule has 0 radical (unpaired) electrons. The van der Waals surface area contributed by atoms with E-state index in [2.05, 4.69) is 10.6 Å². The predicted octanol–water partition coefficient (Wildman–Crippen LogP) is 2.24. The van der Waals surface area contributed by atoms with Crippen molar-refractivity contribution in [3.63, 3.8) is 0 Å². The molecule has 1 fully saturated rings. The van der Waals surface area contributed by atoms with Gasteiger partial charge in [0.2, 0.25) is 17.6 Å². The minimum Gasteiger partial charge on any atom is -0.484 e. The van der Waals surface area contributed by atoms with E-state index >= 15 is 0 Å². The average Bonchev–Trinajstić information content (AvgIpc) is 3.15. The first-order valence-electron chi connectivity index (χ1n) is 9.83. The Balaban J connectivity index is 1.64. The fourth-order valence-corrected chi connectivity index (χ4v) is 3.25. The van der Waals surface area contributed by atoms with Gasteiger partial charge in [0.05, 0.1) is 16.5 Å². The number of likely N-dealkylation sites (N-methyl/N-ethyl adjacent to an activating group) is 1. The fourth-order valence-electron chi connectivity index (χ4n) is 3.25. The Kier molecular flexibility index (Phi) is 6.98. The quantitative estimate of drug-likeness (QED) is 0.474. The molecule has 168 valence electrons. The first kappa shape index (κ1) is 22.7. The van der Waals surface area contributed by atoms with Crippen LogP contribution in [0.5, 0.6) is 5.75 Å². The number of anilines is 2. The minimum absolute atomic E-state index is 0.000826. The van der Waals surface area contributed by atoms with Crippen LogP contribution in [0, 0.1) is 21.8 Å². The van der Waals surface area contributed by atoms with Crippen molar-refractivity contribution in [1.82, 2.24) is 5.32 Å². The summed E-state index contributed by atoms with van der Waals surface area (Å²) in [4.78, 5) is 47.9. The molecule has 32 heavy (non-hydrogen) atoms. The van der Waals surface area contributed by atoms with Crippen molar-refractivity contribution < 1.29 is 28.4 Å². The lowest BCUT2D eigenvalue weighted by atomic mass is 10.1. The SMILES string of the molecule is CCNC(=O)COc1cccc(NC(=O)C2CC(=O)N(c3ccc(F)c([N+](=O)[O-])c3)C2)c1. The molecule has 3 amide bonds. The number of nitrogens with zero attached hydrogens (tertiary/aromatic N) is 2. The Hall–Kier alpha value is -4.02. The molecule has 11 heteroatoms. The van der Waals surface area contributed by atoms with Gasteiger partial charge in [-0.1, -0.05) is 6.07 Å². The zero-order chi connectivity index (χ0) is 23.3. The Labute approximate surface area is 182 Å². The molecule has 1 unspecified atom stereocenters. The first-order valence-corrected chi connectivity index (χ1v) is 9.83. The van der Waals surface area contributed by atoms with E-state index in [0.717, 1.165) is 12.1 Å². The van der Waals surface area contributed by atoms with Crippen molar-refractivity contribution in [2.75, 3.05) is 29.9 Å². The molecular formula is C21H21FN4O6. The zero-order valence-corrected chi connectivity index (χ0v) is 17.2. The van der Waals surface area contributed by atoms with Gasteiger partial charge in [-0.2, -0.15) is 4.39 Å². The number of ether oxygens (including phenoxy) is 1. The van der Waals surface area contributed by atoms with Crippen molar-refractivity contribution in [3.8, 4) is 5.75 Å². The summed E-state index contributed by atoms with van der Waals surface area (Å²) in [6.45, 7) is 2.11. The summed E-state index contributed by atoms with van der Waals surface area (Å²) < 4.78 is 19.0. The van der Waals surface area contributed by atoms with Gasteiger partial charge in [0.15, 0.2) is 6.61 Å². The zero-order valence-electron chi connectivity index (χ0n) is 17.2. The number of nitro groups is 1. The van der Waals surface area contributed by atoms with E-state index in [1.807, 2.05) is 0 Å². The molecule has 1 heterocycles. The number of halogens is 1. The lowest BCUT2D eigenvalue weighted by Gasteiger charge is -2.17. The highest BCUT2D eigenvalue weighted by atomic mass is 19.1. The Bertz CT molecular complexity index is 1060. The van der Waals surface area contributed by atoms with Crippen LogP contribution >= 0.6 is 0 Å². The number of carbonyl (C=O) groups excluding carboxylic acids is 3. The van der Waals surface area contributed by atoms with Crippen molar-refractivity contribution in [2.24, 2.45) is 5.92 Å². The van der Waals surface area contributed by atoms with Crippen LogP contribution in [0.15, 0.2) is 42.5 Å². The molecule has 0 aromatic heterocycles. The van der Waals surface area contributed by atoms with Crippen LogP contribution in [0.2, 0.25) is 0 Å². The molecule has 3 rings (SSSR count). The van der Waals surface area contributed by atoms with Crippen LogP contribution in [0.3, 0.4) is 0 Å². The van der Waals surface area contributed by atoms with E-state index in [1.165, 1.54) is 11.0 Å². The molecule has 2 N–H and O–H groups in total. The highest BCUT2D eigenvalue weighted by molar-refractivity contribution is 6.03. The van der Waals surface area contributed by atoms with Gasteiger partial charge in [-0.25, -0.2) is 0 Å². The standard InChI is InChI=1S/C21H21FN4O6/c1-2-23-19(27)12-32-16-5-3-4-14(9-16)24-21(29)13-8-20(28)25(11-13)15-6-7-17(22)18(10-15)26(30)31/h3-7,9-10,13H,2,8,11-12H2,1H3,(H,23,27)(H,24,29). The lowest BCUT2D eigenvalue weighted by molar-refractivity contribution is -0.387. The van der Waals surface area contributed by atoms with Crippen molar-refractivity contribution in [1.29, 1.82) is 0 Å². The summed E-state index contributed by atoms with van der Waals surface area (Å²) in [7, 11) is 0. The summed E-state index contributed by atoms with van der Waals surface area (Å²) in [5.74, 6) is -2.41. The first-order chi connectivity index (χ1) is 15.3. The maximum atomic E-state index is 13.6. The smallest absolute Gasteiger partial charge is 0.306 e. The number of carbonyl (C=O) groups is 3. The van der Waals surface area contributed by atoms with E-state index in [1.54, 1.807) is 31.2 Å². The van der Waals surface area contributed by atoms with E-state index in [-0.39, 0.29) is 31.2 Å². The van der Waals surface area contributed by atoms with Gasteiger partial charge in [0.25, 0.3) is 5.91 Å². The Morgan fingerprint density at radius 2 is 2.06 bits per heavy atom. The Morgan fingerprint density at radius 1 is 1.28 bits per heavy atom. The molecule has 2 aromatic carbocycles. The van der Waals surface area contributed by atoms with Gasteiger partial charge >= 0.3 is 5.69 Å². The van der Waals surface area contributed by atoms with Gasteiger partial charge < -0.3 is 20.3 Å². The highest BCUT2D eigenvalue weighted by Gasteiger charge is 2.36. The minimum atomic E-state index is -1.01. The highest BCUT2D eigenvalue weighted by Crippen LogP contribution is 2.30. The van der Waals surface area contributed by atoms with Crippen LogP contribution in [0.25, 0.3) is 0 Å². The normalized spacial score (nSPS) is 15.4. The largest absolute Gasteiger partial charge is 0.484 e. The van der Waals surface area contributed by atoms with Gasteiger partial charge in [-0.3, -0.25) is 24.5 Å². The van der Waals surface area contributed by atoms with E-state index in [9.17, 15) is 28.9 Å². The van der Waals surface area contributed by atoms with Gasteiger partial charge in [0.1, 0.15) is 5.75 Å². The molecule has 0 spiro atoms. The summed E-state index contributed by atoms with van der Waals surface area (Å²) >= 11 is 0. The molecule has 1 atom stereocenters. The third-order valence-electron chi connectivity index (χ3n) is 4.78. The average molecular weight is 444 g/mol. The molecule has 0 bridgehead atoms. The van der Waals surface area contributed by atoms with E-state index in [4.69, 9.17) is 4.74 Å². The van der Waals surface area contributed by atoms with Crippen LogP contribution in [0.1, 0.15) is 13.3 Å². The van der Waals surface area contributed by atoms with Gasteiger partial charge in [-0.15, -0.1) is 0 Å². The molecule has 1 saturated heterocycles. The monoisotopic (exact) mass is 444 g/mol. The molecule has 0 aliphatic carbocycles. The molecular weight excluding hydrogens is 423 g/mol. The third-order valence-corrected chi connectivity index (χ3v) is 4.78. The molecule has 1 aliphatic rings. The number of nitrogens with one attached hydrogen (secondary N) is 2. The number of amides is 3. The summed E-state index contributed by atoms with van der Waals surface area (Å²) in [5, 5.41) is 16.3. The van der Waals surface area contributed by atoms with Crippen molar-refractivity contribution in [2.45, 2.75) is 13.3 Å². The van der Waals surface area contributed by atoms with Crippen molar-refractivity contribution in [3.05, 3.63) is 58.4 Å². The maximum Gasteiger partial charge on any atom is 0.306 e. The van der Waals surface area contributed by atoms with Crippen molar-refractivity contribution >= 4 is 34.8 Å². The van der Waals surface area contributed by atoms with Crippen LogP contribution in [0.4, 0.5) is 21.5 Å². The van der Waals surface area contributed by atoms with E-state index < -0.39 is 34.2 Å². The lowest BCUT2D eigenvalue weighted by Crippen LogP contribution is -2.28. The molecule has 2 aromatic rings. The van der Waals surface area contributed by atoms with Crippen LogP contribution in [-0.2, 0) is 14.4 Å². The summed E-state index contributed by atoms with van der Waals surface area (Å²) in [5.41, 5.74) is -0.168. The summed E-state index contributed by atoms with van der Waals surface area (Å²) in [6, 6.07) is 9.62. The number of hydrogen-bond acceptors (Lipinski definition) is 6. The second-order valence-corrected chi connectivity index (χ2v) is 7.06. The number of hydrogen-bond donors (Lipinski definition) is 2. The topological polar surface area (TPSA) is 131 Å². The Morgan fingerprint density at radius 3 is 2.78 bits per heavy atom. The number of nitro benzene ring substituents is 1. The number of benzene rings is 2. The molecule has 10 nitrogen and oxygen atoms in total. The van der Waals surface area contributed by atoms with Crippen LogP contribution in [-0.4, -0.2) is 42.3 Å². The summed E-state index contributed by atoms with van der Waals surface area (Å²) in [6.07, 6.45) is -0.0929. The third kappa shape index (κ3) is 5.36. The van der Waals surface area contributed by atoms with E-state index in [0.29, 0.717) is 18.0 Å². The second kappa shape index (κ2) is 9.86. The number of rotatable bonds is 8. The fraction of sp³-hybridized carbons (Fsp3) is 0.286. The van der Waals surface area contributed by atoms with Crippen LogP contribution < -0.4 is 20.3 Å². The van der Waals surface area contributed by atoms with Gasteiger partial charge in [0, 0.05) is 37.3 Å².